The zero-order valence-corrected chi connectivity index (χ0v) is 9.62. The number of ether oxygens (including phenoxy) is 2. The van der Waals surface area contributed by atoms with Gasteiger partial charge in [0.25, 0.3) is 0 Å². The Labute approximate surface area is 95.0 Å². The number of rotatable bonds is 2. The first kappa shape index (κ1) is 9.97. The zero-order chi connectivity index (χ0) is 11.3. The smallest absolute Gasteiger partial charge is 0.231 e. The molecule has 1 N–H and O–H groups in total. The molecule has 1 aliphatic heterocycles. The fourth-order valence-corrected chi connectivity index (χ4v) is 2.23. The predicted octanol–water partition coefficient (Wildman–Crippen LogP) is 2.52. The lowest BCUT2D eigenvalue weighted by atomic mass is 9.92. The quantitative estimate of drug-likeness (QED) is 0.832. The molecular formula is C13H16O3. The Kier molecular flexibility index (Phi) is 1.96. The summed E-state index contributed by atoms with van der Waals surface area (Å²) in [7, 11) is 0. The average Bonchev–Trinajstić information content (AvgIpc) is 2.84. The van der Waals surface area contributed by atoms with Crippen molar-refractivity contribution in [1.82, 2.24) is 0 Å². The van der Waals surface area contributed by atoms with Crippen LogP contribution in [0.1, 0.15) is 43.7 Å². The van der Waals surface area contributed by atoms with Crippen LogP contribution < -0.4 is 9.47 Å². The van der Waals surface area contributed by atoms with E-state index in [1.807, 2.05) is 12.1 Å². The molecular weight excluding hydrogens is 204 g/mol. The van der Waals surface area contributed by atoms with Crippen molar-refractivity contribution in [3.63, 3.8) is 0 Å². The molecule has 3 nitrogen and oxygen atoms in total. The first-order valence-electron chi connectivity index (χ1n) is 5.76. The monoisotopic (exact) mass is 220 g/mol. The van der Waals surface area contributed by atoms with Gasteiger partial charge in [-0.05, 0) is 42.0 Å². The van der Waals surface area contributed by atoms with Gasteiger partial charge in [-0.2, -0.15) is 0 Å². The lowest BCUT2D eigenvalue weighted by Gasteiger charge is -2.17. The van der Waals surface area contributed by atoms with E-state index in [2.05, 4.69) is 13.8 Å². The molecule has 0 bridgehead atoms. The summed E-state index contributed by atoms with van der Waals surface area (Å²) in [5, 5.41) is 10.3. The van der Waals surface area contributed by atoms with Crippen molar-refractivity contribution in [2.45, 2.75) is 38.2 Å². The van der Waals surface area contributed by atoms with Crippen LogP contribution in [0.3, 0.4) is 0 Å². The van der Waals surface area contributed by atoms with Crippen LogP contribution in [0.5, 0.6) is 11.5 Å². The fraction of sp³-hybridized carbons (Fsp3) is 0.538. The van der Waals surface area contributed by atoms with Gasteiger partial charge in [0, 0.05) is 0 Å². The van der Waals surface area contributed by atoms with Gasteiger partial charge in [-0.25, -0.2) is 0 Å². The van der Waals surface area contributed by atoms with Gasteiger partial charge in [0.05, 0.1) is 5.60 Å². The third-order valence-corrected chi connectivity index (χ3v) is 3.39. The topological polar surface area (TPSA) is 38.7 Å². The summed E-state index contributed by atoms with van der Waals surface area (Å²) in [4.78, 5) is 0. The number of hydrogen-bond donors (Lipinski definition) is 1. The highest BCUT2D eigenvalue weighted by Crippen LogP contribution is 2.50. The van der Waals surface area contributed by atoms with E-state index in [1.165, 1.54) is 5.56 Å². The van der Waals surface area contributed by atoms with Crippen LogP contribution >= 0.6 is 0 Å². The SMILES string of the molecule is CC(C)c1cc2c(cc1C1(O)CC1)OCO2. The Balaban J connectivity index is 2.14. The van der Waals surface area contributed by atoms with E-state index in [9.17, 15) is 5.11 Å². The molecule has 16 heavy (non-hydrogen) atoms. The molecule has 3 rings (SSSR count). The third-order valence-electron chi connectivity index (χ3n) is 3.39. The molecule has 0 radical (unpaired) electrons. The van der Waals surface area contributed by atoms with Gasteiger partial charge >= 0.3 is 0 Å². The molecule has 0 amide bonds. The Hall–Kier alpha value is -1.22. The van der Waals surface area contributed by atoms with Gasteiger partial charge < -0.3 is 14.6 Å². The largest absolute Gasteiger partial charge is 0.454 e. The van der Waals surface area contributed by atoms with Crippen LogP contribution in [0.15, 0.2) is 12.1 Å². The third kappa shape index (κ3) is 1.39. The number of aliphatic hydroxyl groups is 1. The molecule has 1 saturated carbocycles. The maximum atomic E-state index is 10.3. The maximum Gasteiger partial charge on any atom is 0.231 e. The first-order valence-corrected chi connectivity index (χ1v) is 5.76. The standard InChI is InChI=1S/C13H16O3/c1-8(2)9-5-11-12(16-7-15-11)6-10(9)13(14)3-4-13/h5-6,8,14H,3-4,7H2,1-2H3. The molecule has 0 spiro atoms. The molecule has 1 fully saturated rings. The molecule has 1 aromatic carbocycles. The zero-order valence-electron chi connectivity index (χ0n) is 9.62. The Bertz CT molecular complexity index is 433. The van der Waals surface area contributed by atoms with Crippen molar-refractivity contribution < 1.29 is 14.6 Å². The van der Waals surface area contributed by atoms with E-state index in [1.54, 1.807) is 0 Å². The van der Waals surface area contributed by atoms with Crippen LogP contribution in [-0.2, 0) is 5.60 Å². The van der Waals surface area contributed by atoms with Crippen molar-refractivity contribution in [3.8, 4) is 11.5 Å². The van der Waals surface area contributed by atoms with Crippen LogP contribution in [0.25, 0.3) is 0 Å². The molecule has 1 aromatic rings. The van der Waals surface area contributed by atoms with Gasteiger partial charge in [0.15, 0.2) is 11.5 Å². The average molecular weight is 220 g/mol. The van der Waals surface area contributed by atoms with E-state index in [0.29, 0.717) is 5.92 Å². The highest BCUT2D eigenvalue weighted by Gasteiger charge is 2.44. The highest BCUT2D eigenvalue weighted by atomic mass is 16.7. The summed E-state index contributed by atoms with van der Waals surface area (Å²) in [6, 6.07) is 3.96. The molecule has 0 atom stereocenters. The molecule has 0 unspecified atom stereocenters. The lowest BCUT2D eigenvalue weighted by Crippen LogP contribution is -2.09. The minimum atomic E-state index is -0.611. The van der Waals surface area contributed by atoms with Gasteiger partial charge in [-0.1, -0.05) is 13.8 Å². The van der Waals surface area contributed by atoms with Crippen molar-refractivity contribution in [2.24, 2.45) is 0 Å². The molecule has 86 valence electrons. The van der Waals surface area contributed by atoms with Crippen LogP contribution in [0, 0.1) is 0 Å². The minimum absolute atomic E-state index is 0.286. The Morgan fingerprint density at radius 2 is 1.81 bits per heavy atom. The predicted molar refractivity (Wildman–Crippen MR) is 59.8 cm³/mol. The van der Waals surface area contributed by atoms with Gasteiger partial charge in [0.1, 0.15) is 0 Å². The molecule has 1 heterocycles. The Morgan fingerprint density at radius 1 is 1.19 bits per heavy atom. The summed E-state index contributed by atoms with van der Waals surface area (Å²) in [5.74, 6) is 1.95. The summed E-state index contributed by atoms with van der Waals surface area (Å²) in [6.07, 6.45) is 1.71. The summed E-state index contributed by atoms with van der Waals surface area (Å²) in [5.41, 5.74) is 1.58. The van der Waals surface area contributed by atoms with Gasteiger partial charge in [0.2, 0.25) is 6.79 Å². The normalized spacial score (nSPS) is 20.2. The van der Waals surface area contributed by atoms with E-state index < -0.39 is 5.60 Å². The summed E-state index contributed by atoms with van der Waals surface area (Å²) < 4.78 is 10.7. The van der Waals surface area contributed by atoms with Gasteiger partial charge in [-0.3, -0.25) is 0 Å². The second-order valence-electron chi connectivity index (χ2n) is 4.98. The van der Waals surface area contributed by atoms with E-state index in [-0.39, 0.29) is 6.79 Å². The van der Waals surface area contributed by atoms with E-state index >= 15 is 0 Å². The van der Waals surface area contributed by atoms with Crippen LogP contribution in [0.2, 0.25) is 0 Å². The number of benzene rings is 1. The highest BCUT2D eigenvalue weighted by molar-refractivity contribution is 5.52. The molecule has 3 heteroatoms. The molecule has 0 saturated heterocycles. The summed E-state index contributed by atoms with van der Waals surface area (Å²) >= 11 is 0. The second kappa shape index (κ2) is 3.14. The summed E-state index contributed by atoms with van der Waals surface area (Å²) in [6.45, 7) is 4.55. The van der Waals surface area contributed by atoms with Crippen LogP contribution in [-0.4, -0.2) is 11.9 Å². The molecule has 2 aliphatic rings. The maximum absolute atomic E-state index is 10.3. The molecule has 0 aromatic heterocycles. The van der Waals surface area contributed by atoms with Gasteiger partial charge in [-0.15, -0.1) is 0 Å². The van der Waals surface area contributed by atoms with Crippen molar-refractivity contribution in [2.75, 3.05) is 6.79 Å². The van der Waals surface area contributed by atoms with Crippen molar-refractivity contribution >= 4 is 0 Å². The Morgan fingerprint density at radius 3 is 2.38 bits per heavy atom. The number of fused-ring (bicyclic) bond motifs is 1. The first-order chi connectivity index (χ1) is 7.60. The minimum Gasteiger partial charge on any atom is -0.454 e. The lowest BCUT2D eigenvalue weighted by molar-refractivity contribution is 0.149. The van der Waals surface area contributed by atoms with Crippen molar-refractivity contribution in [1.29, 1.82) is 0 Å². The van der Waals surface area contributed by atoms with Crippen molar-refractivity contribution in [3.05, 3.63) is 23.3 Å². The van der Waals surface area contributed by atoms with E-state index in [0.717, 1.165) is 29.9 Å². The van der Waals surface area contributed by atoms with Crippen LogP contribution in [0.4, 0.5) is 0 Å². The molecule has 1 aliphatic carbocycles. The fourth-order valence-electron chi connectivity index (χ4n) is 2.23. The van der Waals surface area contributed by atoms with E-state index in [4.69, 9.17) is 9.47 Å². The number of hydrogen-bond acceptors (Lipinski definition) is 3. The second-order valence-corrected chi connectivity index (χ2v) is 4.98.